The second-order valence-electron chi connectivity index (χ2n) is 5.40. The molecule has 1 heterocycles. The van der Waals surface area contributed by atoms with Crippen LogP contribution in [0.1, 0.15) is 42.0 Å². The van der Waals surface area contributed by atoms with Crippen molar-refractivity contribution in [1.82, 2.24) is 15.8 Å². The summed E-state index contributed by atoms with van der Waals surface area (Å²) in [7, 11) is 0. The van der Waals surface area contributed by atoms with Gasteiger partial charge in [-0.3, -0.25) is 0 Å². The summed E-state index contributed by atoms with van der Waals surface area (Å²) >= 11 is 5.99. The van der Waals surface area contributed by atoms with Crippen LogP contribution in [-0.2, 0) is 19.4 Å². The van der Waals surface area contributed by atoms with Crippen molar-refractivity contribution in [3.05, 3.63) is 51.9 Å². The molecule has 1 aromatic carbocycles. The van der Waals surface area contributed by atoms with E-state index in [2.05, 4.69) is 15.8 Å². The first-order valence-corrected chi connectivity index (χ1v) is 7.80. The molecule has 116 valence electrons. The van der Waals surface area contributed by atoms with Gasteiger partial charge < -0.3 is 15.2 Å². The number of carbonyl (C=O) groups is 1. The summed E-state index contributed by atoms with van der Waals surface area (Å²) in [6, 6.07) is 7.50. The number of aryl methyl sites for hydroxylation is 2. The van der Waals surface area contributed by atoms with E-state index in [4.69, 9.17) is 16.1 Å². The van der Waals surface area contributed by atoms with Crippen LogP contribution in [0.4, 0.5) is 4.79 Å². The van der Waals surface area contributed by atoms with Gasteiger partial charge in [0.05, 0.1) is 18.3 Å². The zero-order valence-corrected chi connectivity index (χ0v) is 13.1. The smallest absolute Gasteiger partial charge is 0.315 e. The Morgan fingerprint density at radius 1 is 1.45 bits per heavy atom. The normalized spacial score (nSPS) is 16.4. The highest BCUT2D eigenvalue weighted by molar-refractivity contribution is 6.30. The van der Waals surface area contributed by atoms with E-state index in [-0.39, 0.29) is 12.1 Å². The second-order valence-corrected chi connectivity index (χ2v) is 5.84. The predicted octanol–water partition coefficient (Wildman–Crippen LogP) is 3.38. The average Bonchev–Trinajstić information content (AvgIpc) is 3.12. The van der Waals surface area contributed by atoms with Crippen LogP contribution in [0.2, 0.25) is 5.02 Å². The van der Waals surface area contributed by atoms with E-state index in [9.17, 15) is 4.79 Å². The van der Waals surface area contributed by atoms with Crippen LogP contribution in [0, 0.1) is 0 Å². The van der Waals surface area contributed by atoms with Gasteiger partial charge in [-0.25, -0.2) is 4.79 Å². The molecule has 6 heteroatoms. The van der Waals surface area contributed by atoms with Gasteiger partial charge in [-0.15, -0.1) is 0 Å². The number of rotatable bonds is 4. The molecule has 0 fully saturated rings. The molecule has 1 aliphatic rings. The quantitative estimate of drug-likeness (QED) is 0.908. The minimum atomic E-state index is -0.206. The standard InChI is InChI=1S/C16H18ClN3O2/c1-2-12-8-13(22-20-12)9-18-16(21)19-15-6-3-10-7-11(17)4-5-14(10)15/h4-5,7-8,15H,2-3,6,9H2,1H3,(H2,18,19,21). The summed E-state index contributed by atoms with van der Waals surface area (Å²) in [4.78, 5) is 12.0. The zero-order chi connectivity index (χ0) is 15.5. The fourth-order valence-electron chi connectivity index (χ4n) is 2.72. The van der Waals surface area contributed by atoms with Crippen LogP contribution in [0.5, 0.6) is 0 Å². The lowest BCUT2D eigenvalue weighted by atomic mass is 10.1. The lowest BCUT2D eigenvalue weighted by molar-refractivity contribution is 0.235. The summed E-state index contributed by atoms with van der Waals surface area (Å²) in [6.45, 7) is 2.34. The maximum Gasteiger partial charge on any atom is 0.315 e. The van der Waals surface area contributed by atoms with Gasteiger partial charge in [-0.2, -0.15) is 0 Å². The number of aromatic nitrogens is 1. The summed E-state index contributed by atoms with van der Waals surface area (Å²) in [5, 5.41) is 10.4. The van der Waals surface area contributed by atoms with E-state index < -0.39 is 0 Å². The molecular formula is C16H18ClN3O2. The lowest BCUT2D eigenvalue weighted by Gasteiger charge is -2.14. The van der Waals surface area contributed by atoms with E-state index in [1.807, 2.05) is 31.2 Å². The number of urea groups is 1. The highest BCUT2D eigenvalue weighted by Crippen LogP contribution is 2.32. The van der Waals surface area contributed by atoms with E-state index in [1.54, 1.807) is 0 Å². The monoisotopic (exact) mass is 319 g/mol. The van der Waals surface area contributed by atoms with Crippen LogP contribution in [0.15, 0.2) is 28.8 Å². The number of carbonyl (C=O) groups excluding carboxylic acids is 1. The van der Waals surface area contributed by atoms with Gasteiger partial charge in [0.2, 0.25) is 0 Å². The fraction of sp³-hybridized carbons (Fsp3) is 0.375. The third-order valence-electron chi connectivity index (χ3n) is 3.88. The number of benzene rings is 1. The number of halogens is 1. The highest BCUT2D eigenvalue weighted by Gasteiger charge is 2.24. The molecule has 0 bridgehead atoms. The lowest BCUT2D eigenvalue weighted by Crippen LogP contribution is -2.36. The molecule has 2 amide bonds. The van der Waals surface area contributed by atoms with Crippen molar-refractivity contribution >= 4 is 17.6 Å². The van der Waals surface area contributed by atoms with Crippen molar-refractivity contribution < 1.29 is 9.32 Å². The Labute approximate surface area is 134 Å². The van der Waals surface area contributed by atoms with Crippen molar-refractivity contribution in [3.8, 4) is 0 Å². The largest absolute Gasteiger partial charge is 0.359 e. The molecule has 2 N–H and O–H groups in total. The van der Waals surface area contributed by atoms with E-state index in [0.717, 1.165) is 35.5 Å². The first-order valence-electron chi connectivity index (χ1n) is 7.43. The molecule has 1 unspecified atom stereocenters. The van der Waals surface area contributed by atoms with Gasteiger partial charge in [-0.1, -0.05) is 29.7 Å². The van der Waals surface area contributed by atoms with Crippen LogP contribution in [0.3, 0.4) is 0 Å². The summed E-state index contributed by atoms with van der Waals surface area (Å²) < 4.78 is 5.14. The van der Waals surface area contributed by atoms with Crippen LogP contribution in [-0.4, -0.2) is 11.2 Å². The Kier molecular flexibility index (Phi) is 4.34. The minimum absolute atomic E-state index is 0.0354. The van der Waals surface area contributed by atoms with Crippen LogP contribution >= 0.6 is 11.6 Å². The Bertz CT molecular complexity index is 684. The zero-order valence-electron chi connectivity index (χ0n) is 12.4. The third-order valence-corrected chi connectivity index (χ3v) is 4.12. The van der Waals surface area contributed by atoms with Gasteiger partial charge in [0.25, 0.3) is 0 Å². The molecule has 1 atom stereocenters. The molecule has 1 aliphatic carbocycles. The molecule has 0 aliphatic heterocycles. The van der Waals surface area contributed by atoms with Gasteiger partial charge in [0, 0.05) is 11.1 Å². The molecule has 0 spiro atoms. The van der Waals surface area contributed by atoms with Crippen molar-refractivity contribution in [3.63, 3.8) is 0 Å². The minimum Gasteiger partial charge on any atom is -0.359 e. The Hall–Kier alpha value is -2.01. The maximum atomic E-state index is 12.0. The molecule has 3 rings (SSSR count). The van der Waals surface area contributed by atoms with Crippen molar-refractivity contribution in [1.29, 1.82) is 0 Å². The third kappa shape index (κ3) is 3.25. The topological polar surface area (TPSA) is 67.2 Å². The number of nitrogens with one attached hydrogen (secondary N) is 2. The summed E-state index contributed by atoms with van der Waals surface area (Å²) in [5.41, 5.74) is 3.24. The predicted molar refractivity (Wildman–Crippen MR) is 83.8 cm³/mol. The Morgan fingerprint density at radius 3 is 3.09 bits per heavy atom. The van der Waals surface area contributed by atoms with E-state index in [1.165, 1.54) is 5.56 Å². The molecule has 1 aromatic heterocycles. The van der Waals surface area contributed by atoms with Crippen molar-refractivity contribution in [2.45, 2.75) is 38.8 Å². The Morgan fingerprint density at radius 2 is 2.32 bits per heavy atom. The van der Waals surface area contributed by atoms with Gasteiger partial charge >= 0.3 is 6.03 Å². The molecule has 0 saturated heterocycles. The second kappa shape index (κ2) is 6.40. The fourth-order valence-corrected chi connectivity index (χ4v) is 2.91. The van der Waals surface area contributed by atoms with Crippen LogP contribution in [0.25, 0.3) is 0 Å². The van der Waals surface area contributed by atoms with Gasteiger partial charge in [0.1, 0.15) is 0 Å². The average molecular weight is 320 g/mol. The molecule has 5 nitrogen and oxygen atoms in total. The molecule has 22 heavy (non-hydrogen) atoms. The summed E-state index contributed by atoms with van der Waals surface area (Å²) in [5.74, 6) is 0.658. The molecule has 0 radical (unpaired) electrons. The highest BCUT2D eigenvalue weighted by atomic mass is 35.5. The number of amides is 2. The SMILES string of the molecule is CCc1cc(CNC(=O)NC2CCc3cc(Cl)ccc32)on1. The summed E-state index contributed by atoms with van der Waals surface area (Å²) in [6.07, 6.45) is 2.64. The number of fused-ring (bicyclic) bond motifs is 1. The van der Waals surface area contributed by atoms with E-state index in [0.29, 0.717) is 12.3 Å². The Balaban J connectivity index is 1.55. The van der Waals surface area contributed by atoms with Crippen molar-refractivity contribution in [2.24, 2.45) is 0 Å². The first kappa shape index (κ1) is 14.9. The first-order chi connectivity index (χ1) is 10.7. The molecule has 2 aromatic rings. The number of hydrogen-bond donors (Lipinski definition) is 2. The van der Waals surface area contributed by atoms with Gasteiger partial charge in [-0.05, 0) is 42.5 Å². The molecule has 0 saturated carbocycles. The number of hydrogen-bond acceptors (Lipinski definition) is 3. The maximum absolute atomic E-state index is 12.0. The van der Waals surface area contributed by atoms with Crippen LogP contribution < -0.4 is 10.6 Å². The van der Waals surface area contributed by atoms with Crippen molar-refractivity contribution in [2.75, 3.05) is 0 Å². The van der Waals surface area contributed by atoms with Gasteiger partial charge in [0.15, 0.2) is 5.76 Å². The molecular weight excluding hydrogens is 302 g/mol. The number of nitrogens with zero attached hydrogens (tertiary/aromatic N) is 1. The van der Waals surface area contributed by atoms with E-state index >= 15 is 0 Å².